The highest BCUT2D eigenvalue weighted by atomic mass is 35.5. The first-order valence-electron chi connectivity index (χ1n) is 6.56. The lowest BCUT2D eigenvalue weighted by Crippen LogP contribution is -2.04. The molecule has 0 amide bonds. The molecule has 2 nitrogen and oxygen atoms in total. The van der Waals surface area contributed by atoms with Gasteiger partial charge in [-0.2, -0.15) is 0 Å². The number of alkyl halides is 1. The summed E-state index contributed by atoms with van der Waals surface area (Å²) in [5.74, 6) is -0.268. The van der Waals surface area contributed by atoms with Crippen molar-refractivity contribution in [3.63, 3.8) is 0 Å². The number of rotatable bonds is 2. The first-order valence-corrected chi connectivity index (χ1v) is 6.99. The molecule has 108 valence electrons. The normalized spacial score (nSPS) is 12.8. The summed E-state index contributed by atoms with van der Waals surface area (Å²) in [5, 5.41) is -0.430. The van der Waals surface area contributed by atoms with Gasteiger partial charge in [0.2, 0.25) is 0 Å². The standard InChI is InChI=1S/C16H13ClF2N2/c1-9-3-5-12(19)15(7-9)21-14-6-4-11(18)8-13(14)20-16(21)10(2)17/h3-8,10H,1-2H3. The van der Waals surface area contributed by atoms with E-state index in [1.807, 2.05) is 6.92 Å². The van der Waals surface area contributed by atoms with Crippen LogP contribution >= 0.6 is 11.6 Å². The number of nitrogens with zero attached hydrogens (tertiary/aromatic N) is 2. The molecule has 1 heterocycles. The highest BCUT2D eigenvalue weighted by Crippen LogP contribution is 2.30. The van der Waals surface area contributed by atoms with E-state index in [9.17, 15) is 8.78 Å². The fourth-order valence-corrected chi connectivity index (χ4v) is 2.53. The monoisotopic (exact) mass is 306 g/mol. The molecular formula is C16H13ClF2N2. The van der Waals surface area contributed by atoms with E-state index in [2.05, 4.69) is 4.98 Å². The molecule has 0 aliphatic heterocycles. The van der Waals surface area contributed by atoms with Gasteiger partial charge in [-0.1, -0.05) is 6.07 Å². The van der Waals surface area contributed by atoms with E-state index in [0.717, 1.165) is 5.56 Å². The fourth-order valence-electron chi connectivity index (χ4n) is 2.39. The zero-order valence-corrected chi connectivity index (χ0v) is 12.3. The Morgan fingerprint density at radius 2 is 1.90 bits per heavy atom. The maximum absolute atomic E-state index is 14.2. The molecule has 3 aromatic rings. The van der Waals surface area contributed by atoms with E-state index in [1.165, 1.54) is 18.2 Å². The second-order valence-corrected chi connectivity index (χ2v) is 5.66. The highest BCUT2D eigenvalue weighted by Gasteiger charge is 2.19. The zero-order chi connectivity index (χ0) is 15.1. The summed E-state index contributed by atoms with van der Waals surface area (Å²) in [7, 11) is 0. The Hall–Kier alpha value is -1.94. The number of aromatic nitrogens is 2. The molecule has 0 bridgehead atoms. The third kappa shape index (κ3) is 2.40. The average Bonchev–Trinajstić information content (AvgIpc) is 2.80. The van der Waals surface area contributed by atoms with Crippen LogP contribution in [0.3, 0.4) is 0 Å². The van der Waals surface area contributed by atoms with E-state index in [-0.39, 0.29) is 11.6 Å². The fraction of sp³-hybridized carbons (Fsp3) is 0.188. The Bertz CT molecular complexity index is 825. The maximum atomic E-state index is 14.2. The van der Waals surface area contributed by atoms with Gasteiger partial charge in [0.1, 0.15) is 17.5 Å². The van der Waals surface area contributed by atoms with Crippen molar-refractivity contribution >= 4 is 22.6 Å². The lowest BCUT2D eigenvalue weighted by molar-refractivity contribution is 0.616. The molecule has 0 saturated carbocycles. The van der Waals surface area contributed by atoms with Crippen molar-refractivity contribution in [2.24, 2.45) is 0 Å². The van der Waals surface area contributed by atoms with Crippen LogP contribution in [0.5, 0.6) is 0 Å². The first kappa shape index (κ1) is 14.0. The minimum Gasteiger partial charge on any atom is -0.292 e. The molecule has 0 saturated heterocycles. The third-order valence-electron chi connectivity index (χ3n) is 3.34. The van der Waals surface area contributed by atoms with Gasteiger partial charge >= 0.3 is 0 Å². The number of halogens is 3. The van der Waals surface area contributed by atoms with Crippen molar-refractivity contribution < 1.29 is 8.78 Å². The van der Waals surface area contributed by atoms with E-state index in [0.29, 0.717) is 22.5 Å². The van der Waals surface area contributed by atoms with Crippen LogP contribution in [0, 0.1) is 18.6 Å². The molecule has 1 unspecified atom stereocenters. The predicted molar refractivity (Wildman–Crippen MR) is 80.0 cm³/mol. The van der Waals surface area contributed by atoms with Crippen LogP contribution < -0.4 is 0 Å². The van der Waals surface area contributed by atoms with Crippen LogP contribution in [0.2, 0.25) is 0 Å². The Balaban J connectivity index is 2.39. The molecule has 1 aromatic heterocycles. The predicted octanol–water partition coefficient (Wildman–Crippen LogP) is 4.91. The number of hydrogen-bond acceptors (Lipinski definition) is 1. The number of benzene rings is 2. The second kappa shape index (κ2) is 5.11. The van der Waals surface area contributed by atoms with Gasteiger partial charge < -0.3 is 0 Å². The molecule has 5 heteroatoms. The van der Waals surface area contributed by atoms with Crippen molar-refractivity contribution in [1.29, 1.82) is 0 Å². The Labute approximate surface area is 126 Å². The Kier molecular flexibility index (Phi) is 3.41. The smallest absolute Gasteiger partial charge is 0.147 e. The van der Waals surface area contributed by atoms with Crippen LogP contribution in [0.1, 0.15) is 23.7 Å². The molecule has 2 aromatic carbocycles. The van der Waals surface area contributed by atoms with E-state index >= 15 is 0 Å². The molecule has 3 rings (SSSR count). The van der Waals surface area contributed by atoms with E-state index < -0.39 is 5.38 Å². The van der Waals surface area contributed by atoms with Crippen molar-refractivity contribution in [1.82, 2.24) is 9.55 Å². The first-order chi connectivity index (χ1) is 9.97. The summed E-state index contributed by atoms with van der Waals surface area (Å²) >= 11 is 6.16. The number of aryl methyl sites for hydroxylation is 1. The SMILES string of the molecule is Cc1ccc(F)c(-n2c(C(C)Cl)nc3cc(F)ccc32)c1. The molecular weight excluding hydrogens is 294 g/mol. The third-order valence-corrected chi connectivity index (χ3v) is 3.54. The van der Waals surface area contributed by atoms with Crippen LogP contribution in [0.25, 0.3) is 16.7 Å². The molecule has 0 aliphatic carbocycles. The minimum absolute atomic E-state index is 0.367. The molecule has 1 atom stereocenters. The number of imidazole rings is 1. The molecule has 0 aliphatic rings. The summed E-state index contributed by atoms with van der Waals surface area (Å²) in [6.07, 6.45) is 0. The lowest BCUT2D eigenvalue weighted by Gasteiger charge is -2.12. The second-order valence-electron chi connectivity index (χ2n) is 5.01. The quantitative estimate of drug-likeness (QED) is 0.615. The van der Waals surface area contributed by atoms with Gasteiger partial charge in [-0.25, -0.2) is 13.8 Å². The molecule has 21 heavy (non-hydrogen) atoms. The van der Waals surface area contributed by atoms with Crippen molar-refractivity contribution in [3.8, 4) is 5.69 Å². The zero-order valence-electron chi connectivity index (χ0n) is 11.6. The van der Waals surface area contributed by atoms with Crippen LogP contribution in [0.4, 0.5) is 8.78 Å². The summed E-state index contributed by atoms with van der Waals surface area (Å²) in [5.41, 5.74) is 2.37. The van der Waals surface area contributed by atoms with Crippen LogP contribution in [0.15, 0.2) is 36.4 Å². The summed E-state index contributed by atoms with van der Waals surface area (Å²) in [4.78, 5) is 4.34. The molecule has 0 radical (unpaired) electrons. The van der Waals surface area contributed by atoms with E-state index in [1.54, 1.807) is 29.7 Å². The Morgan fingerprint density at radius 3 is 2.62 bits per heavy atom. The van der Waals surface area contributed by atoms with Crippen molar-refractivity contribution in [2.75, 3.05) is 0 Å². The molecule has 0 fully saturated rings. The average molecular weight is 307 g/mol. The number of fused-ring (bicyclic) bond motifs is 1. The summed E-state index contributed by atoms with van der Waals surface area (Å²) < 4.78 is 29.2. The van der Waals surface area contributed by atoms with Gasteiger partial charge in [0, 0.05) is 6.07 Å². The molecule has 0 spiro atoms. The maximum Gasteiger partial charge on any atom is 0.147 e. The van der Waals surface area contributed by atoms with Crippen LogP contribution in [-0.4, -0.2) is 9.55 Å². The van der Waals surface area contributed by atoms with Gasteiger partial charge in [0.25, 0.3) is 0 Å². The van der Waals surface area contributed by atoms with Gasteiger partial charge in [0.05, 0.1) is 22.1 Å². The minimum atomic E-state index is -0.430. The summed E-state index contributed by atoms with van der Waals surface area (Å²) in [6.45, 7) is 3.63. The largest absolute Gasteiger partial charge is 0.292 e. The highest BCUT2D eigenvalue weighted by molar-refractivity contribution is 6.20. The Morgan fingerprint density at radius 1 is 1.14 bits per heavy atom. The van der Waals surface area contributed by atoms with Gasteiger partial charge in [-0.05, 0) is 43.7 Å². The summed E-state index contributed by atoms with van der Waals surface area (Å²) in [6, 6.07) is 9.06. The van der Waals surface area contributed by atoms with Crippen LogP contribution in [-0.2, 0) is 0 Å². The van der Waals surface area contributed by atoms with Crippen molar-refractivity contribution in [2.45, 2.75) is 19.2 Å². The lowest BCUT2D eigenvalue weighted by atomic mass is 10.2. The number of hydrogen-bond donors (Lipinski definition) is 0. The van der Waals surface area contributed by atoms with Gasteiger partial charge in [-0.15, -0.1) is 11.6 Å². The van der Waals surface area contributed by atoms with E-state index in [4.69, 9.17) is 11.6 Å². The van der Waals surface area contributed by atoms with Gasteiger partial charge in [-0.3, -0.25) is 4.57 Å². The topological polar surface area (TPSA) is 17.8 Å². The van der Waals surface area contributed by atoms with Crippen molar-refractivity contribution in [3.05, 3.63) is 59.4 Å². The van der Waals surface area contributed by atoms with Gasteiger partial charge in [0.15, 0.2) is 0 Å². The molecule has 0 N–H and O–H groups in total.